The second-order valence-corrected chi connectivity index (χ2v) is 5.62. The van der Waals surface area contributed by atoms with Crippen molar-refractivity contribution in [1.82, 2.24) is 0 Å². The Morgan fingerprint density at radius 2 is 1.71 bits per heavy atom. The van der Waals surface area contributed by atoms with E-state index in [0.29, 0.717) is 0 Å². The summed E-state index contributed by atoms with van der Waals surface area (Å²) in [5, 5.41) is 20.3. The van der Waals surface area contributed by atoms with Crippen LogP contribution in [0.4, 0.5) is 0 Å². The number of hydrogen-bond acceptors (Lipinski definition) is 5. The first-order chi connectivity index (χ1) is 10.9. The Labute approximate surface area is 166 Å². The molecule has 24 heavy (non-hydrogen) atoms. The number of esters is 1. The summed E-state index contributed by atoms with van der Waals surface area (Å²) in [4.78, 5) is 26.0. The van der Waals surface area contributed by atoms with E-state index >= 15 is 0 Å². The number of aliphatic imine (C=N–C) groups is 1. The minimum absolute atomic E-state index is 0. The normalized spacial score (nSPS) is 12.2. The van der Waals surface area contributed by atoms with E-state index in [9.17, 15) is 14.7 Å². The Morgan fingerprint density at radius 1 is 1.17 bits per heavy atom. The van der Waals surface area contributed by atoms with Gasteiger partial charge in [0.1, 0.15) is 6.61 Å². The molecule has 0 aromatic rings. The van der Waals surface area contributed by atoms with Crippen LogP contribution in [-0.2, 0) is 14.3 Å². The molecule has 0 aliphatic carbocycles. The van der Waals surface area contributed by atoms with Gasteiger partial charge in [-0.2, -0.15) is 0 Å². The molecule has 0 aromatic heterocycles. The van der Waals surface area contributed by atoms with Crippen LogP contribution in [0.5, 0.6) is 0 Å². The molecule has 0 aliphatic heterocycles. The van der Waals surface area contributed by atoms with Crippen molar-refractivity contribution in [2.24, 2.45) is 4.99 Å². The smallest absolute Gasteiger partial charge is 0.859 e. The molecule has 6 nitrogen and oxygen atoms in total. The Bertz CT molecular complexity index is 423. The van der Waals surface area contributed by atoms with Gasteiger partial charge in [-0.3, -0.25) is 9.79 Å². The van der Waals surface area contributed by atoms with Gasteiger partial charge in [0.05, 0.1) is 0 Å². The Balaban J connectivity index is 0. The van der Waals surface area contributed by atoms with Gasteiger partial charge >= 0.3 is 41.5 Å². The van der Waals surface area contributed by atoms with Crippen molar-refractivity contribution >= 4 is 17.8 Å². The van der Waals surface area contributed by atoms with Gasteiger partial charge in [-0.05, 0) is 24.8 Å². The van der Waals surface area contributed by atoms with Crippen molar-refractivity contribution < 1.29 is 54.1 Å². The van der Waals surface area contributed by atoms with E-state index in [1.165, 1.54) is 32.6 Å². The molecular formula is C17H28NNaO5. The molecule has 0 bridgehead atoms. The molecule has 0 saturated carbocycles. The minimum atomic E-state index is -1.38. The van der Waals surface area contributed by atoms with Crippen LogP contribution in [0.25, 0.3) is 0 Å². The number of hydrogen-bond donors (Lipinski definition) is 1. The van der Waals surface area contributed by atoms with Crippen LogP contribution in [-0.4, -0.2) is 35.6 Å². The van der Waals surface area contributed by atoms with Gasteiger partial charge in [0.2, 0.25) is 0 Å². The molecule has 0 fully saturated rings. The number of nitrogens with zero attached hydrogens (tertiary/aromatic N) is 1. The third-order valence-electron chi connectivity index (χ3n) is 3.31. The van der Waals surface area contributed by atoms with Crippen LogP contribution in [0.15, 0.2) is 17.1 Å². The van der Waals surface area contributed by atoms with Gasteiger partial charge in [0, 0.05) is 6.42 Å². The zero-order chi connectivity index (χ0) is 17.7. The fourth-order valence-electron chi connectivity index (χ4n) is 1.89. The van der Waals surface area contributed by atoms with Gasteiger partial charge in [-0.25, -0.2) is 4.79 Å². The maximum Gasteiger partial charge on any atom is 1.00 e. The van der Waals surface area contributed by atoms with Crippen LogP contribution >= 0.6 is 0 Å². The fourth-order valence-corrected chi connectivity index (χ4v) is 1.89. The van der Waals surface area contributed by atoms with E-state index in [1.807, 2.05) is 0 Å². The van der Waals surface area contributed by atoms with E-state index < -0.39 is 30.5 Å². The molecule has 0 amide bonds. The zero-order valence-electron chi connectivity index (χ0n) is 15.2. The van der Waals surface area contributed by atoms with Crippen molar-refractivity contribution in [1.29, 1.82) is 0 Å². The maximum absolute atomic E-state index is 11.6. The first kappa shape index (κ1) is 25.4. The summed E-state index contributed by atoms with van der Waals surface area (Å²) in [6.07, 6.45) is 7.87. The minimum Gasteiger partial charge on any atom is -0.859 e. The number of rotatable bonds is 13. The average Bonchev–Trinajstić information content (AvgIpc) is 2.49. The first-order valence-corrected chi connectivity index (χ1v) is 8.17. The van der Waals surface area contributed by atoms with Gasteiger partial charge in [0.25, 0.3) is 0 Å². The number of ether oxygens (including phenoxy) is 1. The van der Waals surface area contributed by atoms with Crippen LogP contribution in [0.1, 0.15) is 65.2 Å². The number of carbonyl (C=O) groups excluding carboxylic acids is 1. The summed E-state index contributed by atoms with van der Waals surface area (Å²) in [5.74, 6) is -2.45. The largest absolute Gasteiger partial charge is 1.00 e. The van der Waals surface area contributed by atoms with Crippen LogP contribution < -0.4 is 34.7 Å². The molecule has 0 saturated heterocycles. The molecule has 0 radical (unpaired) electrons. The number of carboxylic acid groups (broad SMARTS) is 1. The van der Waals surface area contributed by atoms with Crippen molar-refractivity contribution in [3.8, 4) is 0 Å². The van der Waals surface area contributed by atoms with Crippen LogP contribution in [0, 0.1) is 0 Å². The molecule has 0 aliphatic rings. The quantitative estimate of drug-likeness (QED) is 0.158. The Hall–Kier alpha value is -0.850. The van der Waals surface area contributed by atoms with Crippen molar-refractivity contribution in [2.75, 3.05) is 6.61 Å². The topological polar surface area (TPSA) is 99.0 Å². The monoisotopic (exact) mass is 349 g/mol. The van der Waals surface area contributed by atoms with Crippen LogP contribution in [0.2, 0.25) is 0 Å². The summed E-state index contributed by atoms with van der Waals surface area (Å²) in [5.41, 5.74) is 0.144. The molecular weight excluding hydrogens is 321 g/mol. The summed E-state index contributed by atoms with van der Waals surface area (Å²) in [7, 11) is 0. The third-order valence-corrected chi connectivity index (χ3v) is 3.31. The average molecular weight is 349 g/mol. The summed E-state index contributed by atoms with van der Waals surface area (Å²) in [6, 6.07) is -1.38. The number of unbranched alkanes of at least 4 members (excludes halogenated alkanes) is 6. The van der Waals surface area contributed by atoms with Crippen LogP contribution in [0.3, 0.4) is 0 Å². The van der Waals surface area contributed by atoms with E-state index in [-0.39, 0.29) is 41.6 Å². The molecule has 0 spiro atoms. The molecule has 1 unspecified atom stereocenters. The summed E-state index contributed by atoms with van der Waals surface area (Å²) < 4.78 is 4.90. The standard InChI is InChI=1S/C17H29NO5.Na/c1-4-5-6-7-8-9-10-11-15(19)23-12-14(17(21)22)18-16(20)13(2)3;/h14H,2,4-12H2,1,3H3,(H,18,20)(H,21,22);/q;+1/p-1. The van der Waals surface area contributed by atoms with Gasteiger partial charge < -0.3 is 14.9 Å². The number of carbonyl (C=O) groups is 2. The molecule has 1 N–H and O–H groups in total. The summed E-state index contributed by atoms with van der Waals surface area (Å²) in [6.45, 7) is 6.57. The van der Waals surface area contributed by atoms with Gasteiger partial charge in [0.15, 0.2) is 6.04 Å². The van der Waals surface area contributed by atoms with Crippen molar-refractivity contribution in [3.05, 3.63) is 12.2 Å². The fraction of sp³-hybridized carbons (Fsp3) is 0.706. The Morgan fingerprint density at radius 3 is 2.21 bits per heavy atom. The first-order valence-electron chi connectivity index (χ1n) is 8.17. The molecule has 1 atom stereocenters. The van der Waals surface area contributed by atoms with E-state index in [4.69, 9.17) is 9.84 Å². The number of aliphatic carboxylic acids is 1. The van der Waals surface area contributed by atoms with Crippen molar-refractivity contribution in [2.45, 2.75) is 71.3 Å². The van der Waals surface area contributed by atoms with Crippen molar-refractivity contribution in [3.63, 3.8) is 0 Å². The van der Waals surface area contributed by atoms with E-state index in [0.717, 1.165) is 19.3 Å². The predicted octanol–water partition coefficient (Wildman–Crippen LogP) is -0.538. The predicted molar refractivity (Wildman–Crippen MR) is 87.2 cm³/mol. The van der Waals surface area contributed by atoms with E-state index in [2.05, 4.69) is 18.5 Å². The maximum atomic E-state index is 11.6. The Kier molecular flexibility index (Phi) is 16.6. The van der Waals surface area contributed by atoms with Gasteiger partial charge in [-0.15, -0.1) is 0 Å². The molecule has 0 rings (SSSR count). The second-order valence-electron chi connectivity index (χ2n) is 5.62. The molecule has 132 valence electrons. The molecule has 0 heterocycles. The molecule has 7 heteroatoms. The zero-order valence-corrected chi connectivity index (χ0v) is 17.2. The van der Waals surface area contributed by atoms with E-state index in [1.54, 1.807) is 0 Å². The SMILES string of the molecule is C=C(C)C([O-])=NC(COC(=O)CCCCCCCCC)C(=O)O.[Na+]. The van der Waals surface area contributed by atoms with Gasteiger partial charge in [-0.1, -0.05) is 52.0 Å². The second kappa shape index (κ2) is 15.7. The number of carboxylic acids is 1. The molecule has 0 aromatic carbocycles. The summed E-state index contributed by atoms with van der Waals surface area (Å²) >= 11 is 0. The third kappa shape index (κ3) is 13.6.